The topological polar surface area (TPSA) is 145 Å². The van der Waals surface area contributed by atoms with Gasteiger partial charge >= 0.3 is 0 Å². The van der Waals surface area contributed by atoms with Crippen LogP contribution in [0.1, 0.15) is 12.8 Å². The van der Waals surface area contributed by atoms with Crippen molar-refractivity contribution in [2.75, 3.05) is 36.2 Å². The number of hydrogen-bond donors (Lipinski definition) is 4. The van der Waals surface area contributed by atoms with Crippen LogP contribution in [-0.2, 0) is 9.59 Å². The normalized spacial score (nSPS) is 11.7. The molecular weight excluding hydrogens is 396 g/mol. The van der Waals surface area contributed by atoms with Crippen molar-refractivity contribution in [3.8, 4) is 11.5 Å². The van der Waals surface area contributed by atoms with E-state index in [-0.39, 0.29) is 37.6 Å². The van der Waals surface area contributed by atoms with Crippen molar-refractivity contribution in [2.24, 2.45) is 0 Å². The molecule has 0 unspecified atom stereocenters. The quantitative estimate of drug-likeness (QED) is 0.382. The zero-order chi connectivity index (χ0) is 21.3. The Labute approximate surface area is 171 Å². The van der Waals surface area contributed by atoms with Crippen LogP contribution in [0, 0.1) is 0 Å². The van der Waals surface area contributed by atoms with E-state index in [0.717, 1.165) is 0 Å². The molecule has 0 amide bonds. The highest BCUT2D eigenvalue weighted by Gasteiger charge is 2.21. The summed E-state index contributed by atoms with van der Waals surface area (Å²) in [6.07, 6.45) is 0.0172. The summed E-state index contributed by atoms with van der Waals surface area (Å²) in [6, 6.07) is 13.4. The van der Waals surface area contributed by atoms with E-state index in [4.69, 9.17) is 20.9 Å². The van der Waals surface area contributed by atoms with Crippen LogP contribution in [0.25, 0.3) is 0 Å². The number of nitrogens with two attached hydrogens (primary N) is 2. The predicted octanol–water partition coefficient (Wildman–Crippen LogP) is 2.98. The van der Waals surface area contributed by atoms with Gasteiger partial charge in [0.2, 0.25) is 0 Å². The first-order valence-corrected chi connectivity index (χ1v) is 10.9. The molecule has 0 aliphatic heterocycles. The summed E-state index contributed by atoms with van der Waals surface area (Å²) in [5.74, 6) is -0.576. The average molecular weight is 423 g/mol. The fraction of sp³-hybridized carbons (Fsp3) is 0.300. The van der Waals surface area contributed by atoms with Crippen molar-refractivity contribution in [1.82, 2.24) is 0 Å². The first kappa shape index (κ1) is 22.5. The van der Waals surface area contributed by atoms with Crippen LogP contribution in [0.2, 0.25) is 0 Å². The highest BCUT2D eigenvalue weighted by atomic mass is 32.3. The average Bonchev–Trinajstić information content (AvgIpc) is 2.64. The van der Waals surface area contributed by atoms with Gasteiger partial charge in [-0.15, -0.1) is 0 Å². The van der Waals surface area contributed by atoms with Crippen LogP contribution in [0.15, 0.2) is 48.5 Å². The molecule has 2 aromatic rings. The number of ether oxygens (including phenoxy) is 2. The van der Waals surface area contributed by atoms with E-state index in [1.807, 2.05) is 0 Å². The van der Waals surface area contributed by atoms with Crippen molar-refractivity contribution < 1.29 is 28.2 Å². The van der Waals surface area contributed by atoms with Crippen LogP contribution in [-0.4, -0.2) is 45.4 Å². The number of anilines is 2. The zero-order valence-corrected chi connectivity index (χ0v) is 16.8. The highest BCUT2D eigenvalue weighted by molar-refractivity contribution is 8.25. The Balaban J connectivity index is 1.66. The van der Waals surface area contributed by atoms with E-state index in [1.54, 1.807) is 48.5 Å². The van der Waals surface area contributed by atoms with Crippen molar-refractivity contribution in [3.05, 3.63) is 48.5 Å². The zero-order valence-electron chi connectivity index (χ0n) is 16.0. The number of hydrogen-bond acceptors (Lipinski definition) is 8. The molecule has 2 rings (SSSR count). The minimum Gasteiger partial charge on any atom is -0.493 e. The Morgan fingerprint density at radius 2 is 1.07 bits per heavy atom. The minimum absolute atomic E-state index is 0.00862. The van der Waals surface area contributed by atoms with Crippen LogP contribution in [0.4, 0.5) is 11.4 Å². The van der Waals surface area contributed by atoms with E-state index in [0.29, 0.717) is 22.9 Å². The lowest BCUT2D eigenvalue weighted by Crippen LogP contribution is -2.22. The number of carbonyl (C=O) groups excluding carboxylic acids is 2. The van der Waals surface area contributed by atoms with E-state index in [2.05, 4.69) is 0 Å². The van der Waals surface area contributed by atoms with Gasteiger partial charge in [0.1, 0.15) is 11.5 Å². The fourth-order valence-corrected chi connectivity index (χ4v) is 3.83. The highest BCUT2D eigenvalue weighted by Crippen LogP contribution is 2.38. The maximum Gasteiger partial charge on any atom is 0.155 e. The molecule has 9 heteroatoms. The second-order valence-electron chi connectivity index (χ2n) is 6.50. The summed E-state index contributed by atoms with van der Waals surface area (Å²) in [4.78, 5) is 23.9. The molecule has 0 atom stereocenters. The largest absolute Gasteiger partial charge is 0.493 e. The maximum atomic E-state index is 12.0. The van der Waals surface area contributed by atoms with Gasteiger partial charge in [0, 0.05) is 24.2 Å². The van der Waals surface area contributed by atoms with Crippen LogP contribution >= 0.6 is 10.6 Å². The number of ketones is 2. The molecule has 0 radical (unpaired) electrons. The number of carbonyl (C=O) groups is 2. The number of nitrogen functional groups attached to an aromatic ring is 2. The monoisotopic (exact) mass is 422 g/mol. The Bertz CT molecular complexity index is 741. The molecule has 29 heavy (non-hydrogen) atoms. The van der Waals surface area contributed by atoms with Crippen molar-refractivity contribution in [1.29, 1.82) is 0 Å². The molecular formula is C20H26N2O6S. The van der Waals surface area contributed by atoms with Gasteiger partial charge in [0.05, 0.1) is 24.7 Å². The Morgan fingerprint density at radius 3 is 1.41 bits per heavy atom. The van der Waals surface area contributed by atoms with Crippen LogP contribution in [0.3, 0.4) is 0 Å². The molecule has 0 heterocycles. The van der Waals surface area contributed by atoms with Crippen molar-refractivity contribution in [2.45, 2.75) is 12.8 Å². The summed E-state index contributed by atoms with van der Waals surface area (Å²) in [7, 11) is -3.32. The van der Waals surface area contributed by atoms with Gasteiger partial charge in [-0.05, 0) is 48.5 Å². The molecule has 0 aromatic heterocycles. The van der Waals surface area contributed by atoms with Gasteiger partial charge in [-0.1, -0.05) is 0 Å². The lowest BCUT2D eigenvalue weighted by Gasteiger charge is -2.30. The first-order valence-electron chi connectivity index (χ1n) is 8.97. The van der Waals surface area contributed by atoms with E-state index in [1.165, 1.54) is 0 Å². The van der Waals surface area contributed by atoms with Gasteiger partial charge in [-0.2, -0.15) is 10.6 Å². The third-order valence-corrected chi connectivity index (χ3v) is 5.41. The molecule has 0 spiro atoms. The Hall–Kier alpha value is -2.75. The molecule has 2 aromatic carbocycles. The molecule has 0 aliphatic rings. The summed E-state index contributed by atoms with van der Waals surface area (Å²) in [5, 5.41) is 0. The predicted molar refractivity (Wildman–Crippen MR) is 115 cm³/mol. The maximum absolute atomic E-state index is 12.0. The van der Waals surface area contributed by atoms with Gasteiger partial charge < -0.3 is 20.9 Å². The second-order valence-corrected chi connectivity index (χ2v) is 8.68. The van der Waals surface area contributed by atoms with Crippen molar-refractivity contribution >= 4 is 33.5 Å². The molecule has 6 N–H and O–H groups in total. The van der Waals surface area contributed by atoms with E-state index >= 15 is 0 Å². The van der Waals surface area contributed by atoms with E-state index in [9.17, 15) is 18.7 Å². The number of rotatable bonds is 12. The molecule has 0 aliphatic carbocycles. The SMILES string of the molecule is Nc1ccc(OCCC(=O)CS(O)(O)CC(=O)CCOc2ccc(N)cc2)cc1. The summed E-state index contributed by atoms with van der Waals surface area (Å²) in [5.41, 5.74) is 12.4. The molecule has 0 bridgehead atoms. The minimum atomic E-state index is -3.32. The van der Waals surface area contributed by atoms with Gasteiger partial charge in [0.15, 0.2) is 11.6 Å². The fourth-order valence-electron chi connectivity index (χ4n) is 2.40. The second kappa shape index (κ2) is 10.7. The van der Waals surface area contributed by atoms with Gasteiger partial charge in [0.25, 0.3) is 0 Å². The number of benzene rings is 2. The summed E-state index contributed by atoms with van der Waals surface area (Å²) >= 11 is 0. The first-order chi connectivity index (χ1) is 13.7. The Kier molecular flexibility index (Phi) is 8.32. The van der Waals surface area contributed by atoms with Gasteiger partial charge in [-0.25, -0.2) is 0 Å². The lowest BCUT2D eigenvalue weighted by molar-refractivity contribution is -0.117. The molecule has 8 nitrogen and oxygen atoms in total. The molecule has 0 saturated heterocycles. The van der Waals surface area contributed by atoms with Crippen LogP contribution < -0.4 is 20.9 Å². The van der Waals surface area contributed by atoms with Gasteiger partial charge in [-0.3, -0.25) is 18.7 Å². The molecule has 158 valence electrons. The Morgan fingerprint density at radius 1 is 0.724 bits per heavy atom. The summed E-state index contributed by atoms with van der Waals surface area (Å²) in [6.45, 7) is 0.198. The van der Waals surface area contributed by atoms with E-state index < -0.39 is 22.1 Å². The van der Waals surface area contributed by atoms with Crippen LogP contribution in [0.5, 0.6) is 11.5 Å². The number of Topliss-reactive ketones (excluding diaryl/α,β-unsaturated/α-hetero) is 2. The standard InChI is InChI=1S/C20H26N2O6S/c21-15-1-5-19(6-2-15)27-11-9-17(23)13-29(25,26)14-18(24)10-12-28-20-7-3-16(22)4-8-20/h1-8,25-26H,9-14,21-22H2. The van der Waals surface area contributed by atoms with Crippen molar-refractivity contribution in [3.63, 3.8) is 0 Å². The third-order valence-electron chi connectivity index (χ3n) is 3.84. The lowest BCUT2D eigenvalue weighted by atomic mass is 10.3. The summed E-state index contributed by atoms with van der Waals surface area (Å²) < 4.78 is 30.9. The third kappa shape index (κ3) is 8.86. The molecule has 0 fully saturated rings. The smallest absolute Gasteiger partial charge is 0.155 e. The molecule has 0 saturated carbocycles.